The average molecular weight is 629 g/mol. The lowest BCUT2D eigenvalue weighted by Crippen LogP contribution is -2.54. The van der Waals surface area contributed by atoms with E-state index in [9.17, 15) is 18.0 Å². The normalized spacial score (nSPS) is 12.5. The van der Waals surface area contributed by atoms with E-state index in [0.717, 1.165) is 31.0 Å². The predicted octanol–water partition coefficient (Wildman–Crippen LogP) is 5.90. The Morgan fingerprint density at radius 2 is 1.50 bits per heavy atom. The molecule has 40 heavy (non-hydrogen) atoms. The van der Waals surface area contributed by atoms with Crippen molar-refractivity contribution in [3.8, 4) is 0 Å². The molecule has 0 radical (unpaired) electrons. The third-order valence-corrected chi connectivity index (χ3v) is 8.91. The zero-order valence-corrected chi connectivity index (χ0v) is 26.6. The number of sulfonamides is 1. The molecule has 2 amide bonds. The van der Waals surface area contributed by atoms with Crippen LogP contribution in [-0.2, 0) is 26.2 Å². The quantitative estimate of drug-likeness (QED) is 0.320. The van der Waals surface area contributed by atoms with Gasteiger partial charge in [0.15, 0.2) is 0 Å². The van der Waals surface area contributed by atoms with Crippen LogP contribution < -0.4 is 9.62 Å². The molecular formula is C31H38BrN3O4S. The first-order valence-corrected chi connectivity index (χ1v) is 15.3. The first-order valence-electron chi connectivity index (χ1n) is 13.1. The maximum atomic E-state index is 14.0. The summed E-state index contributed by atoms with van der Waals surface area (Å²) >= 11 is 3.43. The highest BCUT2D eigenvalue weighted by molar-refractivity contribution is 9.10. The van der Waals surface area contributed by atoms with Gasteiger partial charge in [-0.2, -0.15) is 0 Å². The molecule has 0 saturated heterocycles. The van der Waals surface area contributed by atoms with E-state index in [-0.39, 0.29) is 17.3 Å². The molecule has 3 rings (SSSR count). The van der Waals surface area contributed by atoms with Crippen molar-refractivity contribution in [1.29, 1.82) is 0 Å². The molecule has 0 aliphatic rings. The number of amides is 2. The molecule has 0 unspecified atom stereocenters. The molecular weight excluding hydrogens is 590 g/mol. The number of nitrogens with zero attached hydrogens (tertiary/aromatic N) is 2. The van der Waals surface area contributed by atoms with Crippen LogP contribution in [0.15, 0.2) is 76.1 Å². The van der Waals surface area contributed by atoms with Crippen LogP contribution in [0.25, 0.3) is 0 Å². The lowest BCUT2D eigenvalue weighted by Gasteiger charge is -2.33. The monoisotopic (exact) mass is 627 g/mol. The van der Waals surface area contributed by atoms with Crippen molar-refractivity contribution in [3.05, 3.63) is 93.5 Å². The van der Waals surface area contributed by atoms with Gasteiger partial charge >= 0.3 is 0 Å². The maximum absolute atomic E-state index is 14.0. The highest BCUT2D eigenvalue weighted by Crippen LogP contribution is 2.27. The predicted molar refractivity (Wildman–Crippen MR) is 164 cm³/mol. The largest absolute Gasteiger partial charge is 0.350 e. The number of aryl methyl sites for hydroxylation is 3. The van der Waals surface area contributed by atoms with E-state index < -0.39 is 34.1 Å². The molecule has 0 fully saturated rings. The maximum Gasteiger partial charge on any atom is 0.264 e. The Balaban J connectivity index is 2.06. The molecule has 214 valence electrons. The summed E-state index contributed by atoms with van der Waals surface area (Å²) in [6.07, 6.45) is 0. The summed E-state index contributed by atoms with van der Waals surface area (Å²) in [7, 11) is -4.10. The summed E-state index contributed by atoms with van der Waals surface area (Å²) in [5.74, 6) is -0.814. The third kappa shape index (κ3) is 7.95. The highest BCUT2D eigenvalue weighted by atomic mass is 79.9. The second-order valence-electron chi connectivity index (χ2n) is 11.2. The summed E-state index contributed by atoms with van der Waals surface area (Å²) in [6.45, 7) is 12.7. The fourth-order valence-corrected chi connectivity index (χ4v) is 5.76. The van der Waals surface area contributed by atoms with Crippen molar-refractivity contribution >= 4 is 43.5 Å². The second kappa shape index (κ2) is 12.6. The van der Waals surface area contributed by atoms with Crippen LogP contribution in [0.5, 0.6) is 0 Å². The van der Waals surface area contributed by atoms with Gasteiger partial charge in [0.25, 0.3) is 10.0 Å². The van der Waals surface area contributed by atoms with E-state index in [2.05, 4.69) is 21.2 Å². The van der Waals surface area contributed by atoms with Crippen LogP contribution in [0, 0.1) is 20.8 Å². The molecule has 0 saturated carbocycles. The molecule has 9 heteroatoms. The van der Waals surface area contributed by atoms with Crippen LogP contribution >= 0.6 is 15.9 Å². The molecule has 3 aromatic carbocycles. The minimum atomic E-state index is -4.10. The number of halogens is 1. The summed E-state index contributed by atoms with van der Waals surface area (Å²) in [4.78, 5) is 28.7. The van der Waals surface area contributed by atoms with E-state index >= 15 is 0 Å². The van der Waals surface area contributed by atoms with E-state index in [4.69, 9.17) is 0 Å². The van der Waals surface area contributed by atoms with E-state index in [1.54, 1.807) is 43.3 Å². The molecule has 7 nitrogen and oxygen atoms in total. The molecule has 3 aromatic rings. The molecule has 0 aliphatic heterocycles. The SMILES string of the molecule is Cc1ccc(S(=O)(=O)N(CC(=O)N(Cc2ccc(Br)cc2)[C@H](C)C(=O)NC(C)(C)C)c2ccc(C)c(C)c2)cc1. The van der Waals surface area contributed by atoms with Gasteiger partial charge < -0.3 is 10.2 Å². The zero-order valence-electron chi connectivity index (χ0n) is 24.2. The number of benzene rings is 3. The van der Waals surface area contributed by atoms with Gasteiger partial charge in [0, 0.05) is 16.6 Å². The van der Waals surface area contributed by atoms with Crippen molar-refractivity contribution < 1.29 is 18.0 Å². The summed E-state index contributed by atoms with van der Waals surface area (Å²) in [6, 6.07) is 18.5. The van der Waals surface area contributed by atoms with Crippen molar-refractivity contribution in [2.24, 2.45) is 0 Å². The molecule has 0 aliphatic carbocycles. The van der Waals surface area contributed by atoms with Gasteiger partial charge in [-0.1, -0.05) is 51.8 Å². The minimum Gasteiger partial charge on any atom is -0.350 e. The molecule has 1 N–H and O–H groups in total. The van der Waals surface area contributed by atoms with Gasteiger partial charge in [0.05, 0.1) is 10.6 Å². The van der Waals surface area contributed by atoms with Crippen LogP contribution in [0.2, 0.25) is 0 Å². The fourth-order valence-electron chi connectivity index (χ4n) is 4.09. The number of hydrogen-bond donors (Lipinski definition) is 1. The molecule has 0 spiro atoms. The standard InChI is InChI=1S/C31H38BrN3O4S/c1-21-8-16-28(17-9-21)40(38,39)35(27-15-10-22(2)23(3)18-27)20-29(36)34(19-25-11-13-26(32)14-12-25)24(4)30(37)33-31(5,6)7/h8-18,24H,19-20H2,1-7H3,(H,33,37)/t24-/m1/s1. The smallest absolute Gasteiger partial charge is 0.264 e. The van der Waals surface area contributed by atoms with Gasteiger partial charge in [0.1, 0.15) is 12.6 Å². The second-order valence-corrected chi connectivity index (χ2v) is 13.9. The van der Waals surface area contributed by atoms with Crippen molar-refractivity contribution in [1.82, 2.24) is 10.2 Å². The van der Waals surface area contributed by atoms with Crippen LogP contribution in [0.1, 0.15) is 49.9 Å². The van der Waals surface area contributed by atoms with Gasteiger partial charge in [-0.15, -0.1) is 0 Å². The van der Waals surface area contributed by atoms with E-state index in [1.165, 1.54) is 4.90 Å². The first-order chi connectivity index (χ1) is 18.6. The fraction of sp³-hybridized carbons (Fsp3) is 0.355. The average Bonchev–Trinajstić information content (AvgIpc) is 2.87. The highest BCUT2D eigenvalue weighted by Gasteiger charge is 2.33. The number of carbonyl (C=O) groups is 2. The van der Waals surface area contributed by atoms with Crippen LogP contribution in [0.4, 0.5) is 5.69 Å². The van der Waals surface area contributed by atoms with Gasteiger partial charge in [-0.05, 0) is 102 Å². The molecule has 1 atom stereocenters. The lowest BCUT2D eigenvalue weighted by atomic mass is 10.1. The van der Waals surface area contributed by atoms with Gasteiger partial charge in [-0.3, -0.25) is 13.9 Å². The number of nitrogens with one attached hydrogen (secondary N) is 1. The summed E-state index contributed by atoms with van der Waals surface area (Å²) < 4.78 is 29.9. The Hall–Kier alpha value is -3.17. The zero-order chi connectivity index (χ0) is 29.8. The Morgan fingerprint density at radius 3 is 2.05 bits per heavy atom. The van der Waals surface area contributed by atoms with Crippen molar-refractivity contribution in [2.75, 3.05) is 10.8 Å². The molecule has 0 heterocycles. The number of anilines is 1. The Morgan fingerprint density at radius 1 is 0.900 bits per heavy atom. The minimum absolute atomic E-state index is 0.0853. The van der Waals surface area contributed by atoms with Crippen molar-refractivity contribution in [3.63, 3.8) is 0 Å². The number of carbonyl (C=O) groups excluding carboxylic acids is 2. The Kier molecular flexibility index (Phi) is 9.85. The van der Waals surface area contributed by atoms with Crippen LogP contribution in [0.3, 0.4) is 0 Å². The Bertz CT molecular complexity index is 1460. The van der Waals surface area contributed by atoms with Crippen molar-refractivity contribution in [2.45, 2.75) is 71.5 Å². The topological polar surface area (TPSA) is 86.8 Å². The summed E-state index contributed by atoms with van der Waals surface area (Å²) in [5, 5.41) is 2.94. The Labute approximate surface area is 246 Å². The third-order valence-electron chi connectivity index (χ3n) is 6.60. The number of hydrogen-bond acceptors (Lipinski definition) is 4. The van der Waals surface area contributed by atoms with E-state index in [1.807, 2.05) is 71.9 Å². The van der Waals surface area contributed by atoms with Crippen LogP contribution in [-0.4, -0.2) is 43.3 Å². The first kappa shape index (κ1) is 31.4. The van der Waals surface area contributed by atoms with Gasteiger partial charge in [-0.25, -0.2) is 8.42 Å². The molecule has 0 aromatic heterocycles. The van der Waals surface area contributed by atoms with E-state index in [0.29, 0.717) is 5.69 Å². The summed E-state index contributed by atoms with van der Waals surface area (Å²) in [5.41, 5.74) is 3.52. The van der Waals surface area contributed by atoms with Gasteiger partial charge in [0.2, 0.25) is 11.8 Å². The lowest BCUT2D eigenvalue weighted by molar-refractivity contribution is -0.140. The number of rotatable bonds is 9. The molecule has 0 bridgehead atoms.